The molecular weight excluding hydrogens is 400 g/mol. The first kappa shape index (κ1) is 21.4. The van der Waals surface area contributed by atoms with Crippen molar-refractivity contribution >= 4 is 22.4 Å². The molecule has 0 atom stereocenters. The third kappa shape index (κ3) is 4.59. The second kappa shape index (κ2) is 9.56. The number of anilines is 1. The molecule has 4 rings (SSSR count). The monoisotopic (exact) mass is 426 g/mol. The Bertz CT molecular complexity index is 1300. The van der Waals surface area contributed by atoms with Crippen LogP contribution in [0, 0.1) is 6.92 Å². The first-order valence-corrected chi connectivity index (χ1v) is 10.8. The molecule has 0 aliphatic rings. The summed E-state index contributed by atoms with van der Waals surface area (Å²) >= 11 is 0. The molecule has 0 N–H and O–H groups in total. The second-order valence-electron chi connectivity index (χ2n) is 7.87. The summed E-state index contributed by atoms with van der Waals surface area (Å²) in [5.41, 5.74) is 3.46. The van der Waals surface area contributed by atoms with Crippen molar-refractivity contribution in [2.75, 3.05) is 11.4 Å². The molecule has 162 valence electrons. The number of hydrogen-bond acceptors (Lipinski definition) is 4. The Morgan fingerprint density at radius 3 is 2.47 bits per heavy atom. The van der Waals surface area contributed by atoms with Crippen molar-refractivity contribution in [2.45, 2.75) is 33.2 Å². The van der Waals surface area contributed by atoms with Crippen LogP contribution in [0.4, 0.5) is 5.69 Å². The summed E-state index contributed by atoms with van der Waals surface area (Å²) in [6.07, 6.45) is 4.84. The highest BCUT2D eigenvalue weighted by atomic mass is 16.2. The number of carbonyl (C=O) groups is 1. The van der Waals surface area contributed by atoms with E-state index in [9.17, 15) is 9.59 Å². The van der Waals surface area contributed by atoms with Gasteiger partial charge in [-0.2, -0.15) is 5.10 Å². The fourth-order valence-electron chi connectivity index (χ4n) is 3.87. The van der Waals surface area contributed by atoms with E-state index < -0.39 is 0 Å². The van der Waals surface area contributed by atoms with E-state index in [-0.39, 0.29) is 18.0 Å². The number of hydrogen-bond donors (Lipinski definition) is 0. The molecule has 1 amide bonds. The van der Waals surface area contributed by atoms with Gasteiger partial charge in [-0.3, -0.25) is 14.6 Å². The number of carbonyl (C=O) groups excluding carboxylic acids is 1. The topological polar surface area (TPSA) is 68.1 Å². The van der Waals surface area contributed by atoms with E-state index in [0.717, 1.165) is 34.3 Å². The zero-order chi connectivity index (χ0) is 22.5. The zero-order valence-corrected chi connectivity index (χ0v) is 18.4. The summed E-state index contributed by atoms with van der Waals surface area (Å²) < 4.78 is 1.31. The Kier molecular flexibility index (Phi) is 6.40. The summed E-state index contributed by atoms with van der Waals surface area (Å²) in [5, 5.41) is 6.00. The lowest BCUT2D eigenvalue weighted by molar-refractivity contribution is -0.119. The second-order valence-corrected chi connectivity index (χ2v) is 7.87. The molecule has 32 heavy (non-hydrogen) atoms. The van der Waals surface area contributed by atoms with E-state index in [1.807, 2.05) is 68.4 Å². The predicted octanol–water partition coefficient (Wildman–Crippen LogP) is 4.13. The minimum absolute atomic E-state index is 0.110. The number of nitrogens with zero attached hydrogens (tertiary/aromatic N) is 4. The third-order valence-corrected chi connectivity index (χ3v) is 5.41. The molecule has 0 fully saturated rings. The van der Waals surface area contributed by atoms with Crippen LogP contribution in [0.1, 0.15) is 30.2 Å². The number of pyridine rings is 1. The number of benzene rings is 2. The Balaban J connectivity index is 1.72. The minimum atomic E-state index is -0.256. The molecule has 0 aliphatic carbocycles. The van der Waals surface area contributed by atoms with Gasteiger partial charge in [-0.1, -0.05) is 37.3 Å². The fourth-order valence-corrected chi connectivity index (χ4v) is 3.87. The molecule has 6 heteroatoms. The number of amides is 1. The fraction of sp³-hybridized carbons (Fsp3) is 0.231. The van der Waals surface area contributed by atoms with Gasteiger partial charge < -0.3 is 4.90 Å². The Morgan fingerprint density at radius 1 is 1.00 bits per heavy atom. The maximum absolute atomic E-state index is 13.3. The lowest BCUT2D eigenvalue weighted by Gasteiger charge is -2.23. The van der Waals surface area contributed by atoms with Gasteiger partial charge in [-0.15, -0.1) is 0 Å². The van der Waals surface area contributed by atoms with Crippen molar-refractivity contribution in [1.29, 1.82) is 0 Å². The molecule has 6 nitrogen and oxygen atoms in total. The highest BCUT2D eigenvalue weighted by molar-refractivity contribution is 5.93. The molecule has 2 aromatic carbocycles. The number of aryl methyl sites for hydroxylation is 1. The Hall–Kier alpha value is -3.80. The summed E-state index contributed by atoms with van der Waals surface area (Å²) in [6, 6.07) is 19.1. The van der Waals surface area contributed by atoms with Gasteiger partial charge in [0.15, 0.2) is 0 Å². The molecule has 0 aliphatic heterocycles. The zero-order valence-electron chi connectivity index (χ0n) is 18.4. The predicted molar refractivity (Wildman–Crippen MR) is 127 cm³/mol. The molecule has 0 saturated carbocycles. The summed E-state index contributed by atoms with van der Waals surface area (Å²) in [7, 11) is 0. The SMILES string of the molecule is CCCN(C(=O)Cn1nc(Cc2ccncc2)c2ccccc2c1=O)c1cccc(C)c1. The lowest BCUT2D eigenvalue weighted by atomic mass is 10.1. The Labute approximate surface area is 187 Å². The molecule has 2 heterocycles. The van der Waals surface area contributed by atoms with Crippen LogP contribution < -0.4 is 10.5 Å². The van der Waals surface area contributed by atoms with E-state index in [0.29, 0.717) is 18.4 Å². The van der Waals surface area contributed by atoms with Crippen molar-refractivity contribution in [3.05, 3.63) is 100 Å². The average Bonchev–Trinajstić information content (AvgIpc) is 2.81. The maximum atomic E-state index is 13.3. The number of fused-ring (bicyclic) bond motifs is 1. The van der Waals surface area contributed by atoms with Crippen molar-refractivity contribution in [2.24, 2.45) is 0 Å². The first-order valence-electron chi connectivity index (χ1n) is 10.8. The minimum Gasteiger partial charge on any atom is -0.311 e. The van der Waals surface area contributed by atoms with Crippen LogP contribution in [0.15, 0.2) is 77.9 Å². The van der Waals surface area contributed by atoms with Crippen molar-refractivity contribution in [1.82, 2.24) is 14.8 Å². The quantitative estimate of drug-likeness (QED) is 0.446. The van der Waals surface area contributed by atoms with Crippen molar-refractivity contribution < 1.29 is 4.79 Å². The number of rotatable bonds is 7. The van der Waals surface area contributed by atoms with Gasteiger partial charge in [0.2, 0.25) is 5.91 Å². The molecule has 0 bridgehead atoms. The molecule has 2 aromatic heterocycles. The summed E-state index contributed by atoms with van der Waals surface area (Å²) in [4.78, 5) is 32.3. The third-order valence-electron chi connectivity index (χ3n) is 5.41. The van der Waals surface area contributed by atoms with Crippen molar-refractivity contribution in [3.63, 3.8) is 0 Å². The van der Waals surface area contributed by atoms with Crippen LogP contribution in [-0.4, -0.2) is 27.2 Å². The van der Waals surface area contributed by atoms with Crippen LogP contribution in [0.5, 0.6) is 0 Å². The summed E-state index contributed by atoms with van der Waals surface area (Å²) in [6.45, 7) is 4.50. The van der Waals surface area contributed by atoms with Crippen LogP contribution in [-0.2, 0) is 17.8 Å². The van der Waals surface area contributed by atoms with Gasteiger partial charge in [0, 0.05) is 36.4 Å². The highest BCUT2D eigenvalue weighted by Gasteiger charge is 2.19. The largest absolute Gasteiger partial charge is 0.311 e. The smallest absolute Gasteiger partial charge is 0.275 e. The summed E-state index contributed by atoms with van der Waals surface area (Å²) in [5.74, 6) is -0.155. The molecule has 0 radical (unpaired) electrons. The van der Waals surface area contributed by atoms with Gasteiger partial charge in [0.1, 0.15) is 6.54 Å². The van der Waals surface area contributed by atoms with E-state index in [2.05, 4.69) is 10.1 Å². The van der Waals surface area contributed by atoms with Gasteiger partial charge in [-0.25, -0.2) is 4.68 Å². The van der Waals surface area contributed by atoms with Crippen LogP contribution in [0.2, 0.25) is 0 Å². The highest BCUT2D eigenvalue weighted by Crippen LogP contribution is 2.19. The standard InChI is InChI=1S/C26H26N4O2/c1-3-15-29(21-8-6-7-19(2)16-21)25(31)18-30-26(32)23-10-5-4-9-22(23)24(28-30)17-20-11-13-27-14-12-20/h4-14,16H,3,15,17-18H2,1-2H3. The normalized spacial score (nSPS) is 10.9. The molecule has 0 unspecified atom stereocenters. The van der Waals surface area contributed by atoms with Crippen LogP contribution >= 0.6 is 0 Å². The van der Waals surface area contributed by atoms with Crippen molar-refractivity contribution in [3.8, 4) is 0 Å². The maximum Gasteiger partial charge on any atom is 0.275 e. The van der Waals surface area contributed by atoms with Gasteiger partial charge in [0.25, 0.3) is 5.56 Å². The lowest BCUT2D eigenvalue weighted by Crippen LogP contribution is -2.38. The average molecular weight is 427 g/mol. The van der Waals surface area contributed by atoms with E-state index in [4.69, 9.17) is 0 Å². The number of aromatic nitrogens is 3. The molecule has 4 aromatic rings. The van der Waals surface area contributed by atoms with Crippen LogP contribution in [0.25, 0.3) is 10.8 Å². The van der Waals surface area contributed by atoms with Crippen LogP contribution in [0.3, 0.4) is 0 Å². The molecular formula is C26H26N4O2. The van der Waals surface area contributed by atoms with E-state index in [1.54, 1.807) is 23.4 Å². The Morgan fingerprint density at radius 2 is 1.75 bits per heavy atom. The van der Waals surface area contributed by atoms with Gasteiger partial charge in [-0.05, 0) is 54.8 Å². The van der Waals surface area contributed by atoms with Gasteiger partial charge >= 0.3 is 0 Å². The first-order chi connectivity index (χ1) is 15.6. The van der Waals surface area contributed by atoms with E-state index >= 15 is 0 Å². The van der Waals surface area contributed by atoms with E-state index in [1.165, 1.54) is 4.68 Å². The molecule has 0 spiro atoms. The van der Waals surface area contributed by atoms with Gasteiger partial charge in [0.05, 0.1) is 11.1 Å². The molecule has 0 saturated heterocycles.